The SMILES string of the molecule is CCCCC1(CCCC)c2cc3c(cc2-c2cc4c5ccccc5c5ccccc5c4cc21)C(CCCC)(CCCC)c1cc2c4ccccc4c4ccccc4c2cc1-3. The Labute approximate surface area is 356 Å². The lowest BCUT2D eigenvalue weighted by Gasteiger charge is -2.34. The molecule has 0 fully saturated rings. The van der Waals surface area contributed by atoms with E-state index in [-0.39, 0.29) is 10.8 Å². The van der Waals surface area contributed by atoms with Crippen molar-refractivity contribution in [2.45, 2.75) is 116 Å². The molecule has 2 aliphatic carbocycles. The van der Waals surface area contributed by atoms with Gasteiger partial charge in [0.15, 0.2) is 0 Å². The Bertz CT molecular complexity index is 2930. The van der Waals surface area contributed by atoms with Gasteiger partial charge in [-0.05, 0) is 171 Å². The van der Waals surface area contributed by atoms with E-state index in [4.69, 9.17) is 0 Å². The molecule has 0 bridgehead atoms. The Hall–Kier alpha value is -5.46. The van der Waals surface area contributed by atoms with Crippen molar-refractivity contribution in [3.05, 3.63) is 156 Å². The van der Waals surface area contributed by atoms with Crippen molar-refractivity contribution in [3.8, 4) is 22.3 Å². The van der Waals surface area contributed by atoms with E-state index in [0.29, 0.717) is 0 Å². The summed E-state index contributed by atoms with van der Waals surface area (Å²) in [7, 11) is 0. The molecule has 9 aromatic carbocycles. The average Bonchev–Trinajstić information content (AvgIpc) is 3.71. The quantitative estimate of drug-likeness (QED) is 0.108. The zero-order valence-corrected chi connectivity index (χ0v) is 36.2. The molecule has 0 atom stereocenters. The summed E-state index contributed by atoms with van der Waals surface area (Å²) in [5, 5.41) is 16.6. The maximum Gasteiger partial charge on any atom is 0.0215 e. The monoisotopic (exact) mass is 778 g/mol. The number of rotatable bonds is 12. The first-order valence-corrected chi connectivity index (χ1v) is 23.5. The third-order valence-corrected chi connectivity index (χ3v) is 15.4. The van der Waals surface area contributed by atoms with E-state index in [2.05, 4.69) is 161 Å². The fraction of sp³-hybridized carbons (Fsp3) is 0.300. The fourth-order valence-electron chi connectivity index (χ4n) is 12.5. The molecule has 11 rings (SSSR count). The van der Waals surface area contributed by atoms with E-state index in [1.54, 1.807) is 22.3 Å². The van der Waals surface area contributed by atoms with Crippen LogP contribution in [-0.2, 0) is 10.8 Å². The van der Waals surface area contributed by atoms with E-state index >= 15 is 0 Å². The summed E-state index contributed by atoms with van der Waals surface area (Å²) in [6.07, 6.45) is 14.5. The number of unbranched alkanes of at least 4 members (excludes halogenated alkanes) is 4. The zero-order valence-electron chi connectivity index (χ0n) is 36.2. The second-order valence-corrected chi connectivity index (χ2v) is 18.6. The van der Waals surface area contributed by atoms with Gasteiger partial charge in [-0.2, -0.15) is 0 Å². The largest absolute Gasteiger partial charge is 0.0654 e. The van der Waals surface area contributed by atoms with Crippen LogP contribution >= 0.6 is 0 Å². The van der Waals surface area contributed by atoms with Crippen molar-refractivity contribution in [1.82, 2.24) is 0 Å². The lowest BCUT2D eigenvalue weighted by atomic mass is 9.68. The second-order valence-electron chi connectivity index (χ2n) is 18.6. The van der Waals surface area contributed by atoms with E-state index in [9.17, 15) is 0 Å². The van der Waals surface area contributed by atoms with Crippen molar-refractivity contribution >= 4 is 64.6 Å². The lowest BCUT2D eigenvalue weighted by molar-refractivity contribution is 0.411. The molecule has 0 heteroatoms. The Morgan fingerprint density at radius 3 is 0.750 bits per heavy atom. The normalized spacial score (nSPS) is 14.7. The first-order valence-electron chi connectivity index (χ1n) is 23.5. The molecule has 0 aromatic heterocycles. The summed E-state index contributed by atoms with van der Waals surface area (Å²) in [5.41, 5.74) is 12.3. The van der Waals surface area contributed by atoms with Crippen LogP contribution in [0.25, 0.3) is 86.9 Å². The highest BCUT2D eigenvalue weighted by Gasteiger charge is 2.48. The fourth-order valence-corrected chi connectivity index (χ4v) is 12.5. The standard InChI is InChI=1S/C60H58/c1-5-9-29-59(30-10-6-2)55-35-49-45-27-19-15-23-41(45)39-21-13-17-25-43(39)47(49)33-51(55)53-38-58-54(37-57(53)59)52-34-48-44-26-18-14-22-40(44)42-24-16-20-28-46(42)50(48)36-56(52)60(58,31-11-7-3)32-12-8-4/h13-28,33-38H,5-12,29-32H2,1-4H3. The molecule has 0 unspecified atom stereocenters. The van der Waals surface area contributed by atoms with Crippen LogP contribution in [0.3, 0.4) is 0 Å². The molecule has 0 radical (unpaired) electrons. The highest BCUT2D eigenvalue weighted by molar-refractivity contribution is 6.27. The average molecular weight is 779 g/mol. The molecule has 0 saturated heterocycles. The summed E-state index contributed by atoms with van der Waals surface area (Å²) in [6, 6.07) is 52.9. The van der Waals surface area contributed by atoms with Gasteiger partial charge >= 0.3 is 0 Å². The summed E-state index contributed by atoms with van der Waals surface area (Å²) in [6.45, 7) is 9.55. The van der Waals surface area contributed by atoms with Crippen LogP contribution in [-0.4, -0.2) is 0 Å². The van der Waals surface area contributed by atoms with Crippen molar-refractivity contribution in [2.24, 2.45) is 0 Å². The summed E-state index contributed by atoms with van der Waals surface area (Å²) < 4.78 is 0. The lowest BCUT2D eigenvalue weighted by Crippen LogP contribution is -2.27. The van der Waals surface area contributed by atoms with E-state index in [1.165, 1.54) is 164 Å². The molecular formula is C60H58. The van der Waals surface area contributed by atoms with Gasteiger partial charge in [-0.3, -0.25) is 0 Å². The van der Waals surface area contributed by atoms with E-state index in [0.717, 1.165) is 0 Å². The predicted molar refractivity (Wildman–Crippen MR) is 262 cm³/mol. The predicted octanol–water partition coefficient (Wildman–Crippen LogP) is 17.9. The third kappa shape index (κ3) is 5.28. The van der Waals surface area contributed by atoms with Gasteiger partial charge in [0.2, 0.25) is 0 Å². The number of benzene rings is 9. The molecule has 2 aliphatic rings. The van der Waals surface area contributed by atoms with Gasteiger partial charge in [-0.25, -0.2) is 0 Å². The van der Waals surface area contributed by atoms with Crippen LogP contribution in [0.4, 0.5) is 0 Å². The molecule has 0 aliphatic heterocycles. The Balaban J connectivity index is 1.27. The van der Waals surface area contributed by atoms with Crippen LogP contribution in [0.5, 0.6) is 0 Å². The molecule has 9 aromatic rings. The van der Waals surface area contributed by atoms with Crippen LogP contribution in [0.2, 0.25) is 0 Å². The summed E-state index contributed by atoms with van der Waals surface area (Å²) >= 11 is 0. The van der Waals surface area contributed by atoms with Gasteiger partial charge in [0.1, 0.15) is 0 Å². The first-order chi connectivity index (χ1) is 29.6. The van der Waals surface area contributed by atoms with Crippen LogP contribution in [0.1, 0.15) is 127 Å². The van der Waals surface area contributed by atoms with Gasteiger partial charge in [-0.1, -0.05) is 176 Å². The van der Waals surface area contributed by atoms with Gasteiger partial charge in [0.25, 0.3) is 0 Å². The Morgan fingerprint density at radius 2 is 0.483 bits per heavy atom. The van der Waals surface area contributed by atoms with Crippen LogP contribution in [0.15, 0.2) is 133 Å². The number of fused-ring (bicyclic) bond motifs is 18. The van der Waals surface area contributed by atoms with Gasteiger partial charge < -0.3 is 0 Å². The molecule has 0 amide bonds. The van der Waals surface area contributed by atoms with Crippen molar-refractivity contribution in [3.63, 3.8) is 0 Å². The first kappa shape index (κ1) is 37.5. The minimum atomic E-state index is -0.0232. The number of hydrogen-bond donors (Lipinski definition) is 0. The zero-order chi connectivity index (χ0) is 40.6. The minimum absolute atomic E-state index is 0.0232. The van der Waals surface area contributed by atoms with Crippen molar-refractivity contribution < 1.29 is 0 Å². The van der Waals surface area contributed by atoms with E-state index < -0.39 is 0 Å². The minimum Gasteiger partial charge on any atom is -0.0654 e. The van der Waals surface area contributed by atoms with Crippen molar-refractivity contribution in [1.29, 1.82) is 0 Å². The molecule has 60 heavy (non-hydrogen) atoms. The second kappa shape index (κ2) is 14.6. The Morgan fingerprint density at radius 1 is 0.267 bits per heavy atom. The maximum absolute atomic E-state index is 2.78. The molecule has 0 N–H and O–H groups in total. The van der Waals surface area contributed by atoms with Crippen molar-refractivity contribution in [2.75, 3.05) is 0 Å². The Kier molecular flexibility index (Phi) is 9.15. The third-order valence-electron chi connectivity index (χ3n) is 15.4. The van der Waals surface area contributed by atoms with Crippen LogP contribution in [0, 0.1) is 0 Å². The van der Waals surface area contributed by atoms with Crippen LogP contribution < -0.4 is 0 Å². The van der Waals surface area contributed by atoms with Gasteiger partial charge in [0.05, 0.1) is 0 Å². The highest BCUT2D eigenvalue weighted by Crippen LogP contribution is 2.62. The smallest absolute Gasteiger partial charge is 0.0215 e. The number of hydrogen-bond acceptors (Lipinski definition) is 0. The van der Waals surface area contributed by atoms with Gasteiger partial charge in [0, 0.05) is 10.8 Å². The topological polar surface area (TPSA) is 0 Å². The van der Waals surface area contributed by atoms with Gasteiger partial charge in [-0.15, -0.1) is 0 Å². The van der Waals surface area contributed by atoms with E-state index in [1.807, 2.05) is 0 Å². The molecule has 0 saturated carbocycles. The molecule has 0 heterocycles. The molecule has 298 valence electrons. The summed E-state index contributed by atoms with van der Waals surface area (Å²) in [5.74, 6) is 0. The highest BCUT2D eigenvalue weighted by atomic mass is 14.5. The summed E-state index contributed by atoms with van der Waals surface area (Å²) in [4.78, 5) is 0. The molecule has 0 spiro atoms. The molecule has 0 nitrogen and oxygen atoms in total. The maximum atomic E-state index is 2.78. The molecular weight excluding hydrogens is 721 g/mol.